The number of carbonyl (C=O) groups is 1. The van der Waals surface area contributed by atoms with Crippen molar-refractivity contribution in [1.29, 1.82) is 0 Å². The van der Waals surface area contributed by atoms with Crippen LogP contribution in [0.15, 0.2) is 54.7 Å². The molecule has 0 aliphatic rings. The monoisotopic (exact) mass is 495 g/mol. The lowest BCUT2D eigenvalue weighted by atomic mass is 9.95. The van der Waals surface area contributed by atoms with E-state index in [1.165, 1.54) is 25.2 Å². The summed E-state index contributed by atoms with van der Waals surface area (Å²) >= 11 is 0. The minimum atomic E-state index is -4.57. The van der Waals surface area contributed by atoms with E-state index in [0.717, 1.165) is 30.5 Å². The molecule has 0 radical (unpaired) electrons. The van der Waals surface area contributed by atoms with Crippen molar-refractivity contribution in [2.24, 2.45) is 0 Å². The van der Waals surface area contributed by atoms with Gasteiger partial charge in [-0.25, -0.2) is 13.2 Å². The molecule has 1 amide bonds. The Kier molecular flexibility index (Phi) is 8.16. The molecule has 2 atom stereocenters. The Morgan fingerprint density at radius 2 is 1.71 bits per heavy atom. The molecule has 4 nitrogen and oxygen atoms in total. The number of alkyl halides is 3. The Hall–Kier alpha value is -3.40. The third-order valence-electron chi connectivity index (χ3n) is 5.57. The van der Waals surface area contributed by atoms with Crippen LogP contribution in [0.5, 0.6) is 0 Å². The number of carbonyl (C=O) groups excluding carboxylic acids is 1. The molecule has 1 aromatic heterocycles. The summed E-state index contributed by atoms with van der Waals surface area (Å²) in [6.45, 7) is 1.55. The van der Waals surface area contributed by atoms with Gasteiger partial charge in [0.2, 0.25) is 5.91 Å². The van der Waals surface area contributed by atoms with Gasteiger partial charge in [-0.15, -0.1) is 0 Å². The van der Waals surface area contributed by atoms with Gasteiger partial charge >= 0.3 is 6.18 Å². The number of amides is 1. The van der Waals surface area contributed by atoms with Crippen molar-refractivity contribution in [3.63, 3.8) is 0 Å². The first-order valence-corrected chi connectivity index (χ1v) is 10.7. The van der Waals surface area contributed by atoms with Crippen molar-refractivity contribution < 1.29 is 31.1 Å². The molecule has 0 saturated carbocycles. The number of aryl methyl sites for hydroxylation is 2. The van der Waals surface area contributed by atoms with Crippen molar-refractivity contribution in [2.75, 3.05) is 7.05 Å². The van der Waals surface area contributed by atoms with Crippen LogP contribution in [0.2, 0.25) is 0 Å². The molecule has 0 saturated heterocycles. The molecule has 3 rings (SSSR count). The number of hydrogen-bond donors (Lipinski definition) is 2. The van der Waals surface area contributed by atoms with Gasteiger partial charge in [0.05, 0.1) is 0 Å². The SMILES string of the molecule is CNC(=O)C(N[C@@H](CCc1ccc(C(F)(F)F)nc1)c1ccc(F)c(C)c1)c1cc(F)ccc1F. The molecule has 1 unspecified atom stereocenters. The van der Waals surface area contributed by atoms with E-state index in [1.54, 1.807) is 13.0 Å². The number of benzene rings is 2. The number of hydrogen-bond acceptors (Lipinski definition) is 3. The maximum atomic E-state index is 14.5. The third kappa shape index (κ3) is 6.60. The fourth-order valence-electron chi connectivity index (χ4n) is 3.67. The van der Waals surface area contributed by atoms with Crippen molar-refractivity contribution in [2.45, 2.75) is 38.0 Å². The standard InChI is InChI=1S/C25H23F6N3O/c1-14-11-16(5-7-19(14)27)21(9-3-15-4-10-22(33-13-15)25(29,30)31)34-23(24(35)32-2)18-12-17(26)6-8-20(18)28/h4-8,10-13,21,23,34H,3,9H2,1-2H3,(H,32,35)/t21-,23?/m0/s1. The van der Waals surface area contributed by atoms with E-state index < -0.39 is 47.3 Å². The van der Waals surface area contributed by atoms with E-state index >= 15 is 0 Å². The van der Waals surface area contributed by atoms with Gasteiger partial charge in [0.1, 0.15) is 29.2 Å². The first-order valence-electron chi connectivity index (χ1n) is 10.7. The fourth-order valence-corrected chi connectivity index (χ4v) is 3.67. The van der Waals surface area contributed by atoms with Gasteiger partial charge in [0.15, 0.2) is 0 Å². The summed E-state index contributed by atoms with van der Waals surface area (Å²) in [5.74, 6) is -2.61. The van der Waals surface area contributed by atoms with Crippen LogP contribution in [0.25, 0.3) is 0 Å². The number of nitrogens with one attached hydrogen (secondary N) is 2. The van der Waals surface area contributed by atoms with E-state index in [-0.39, 0.29) is 18.4 Å². The van der Waals surface area contributed by atoms with E-state index in [9.17, 15) is 31.1 Å². The molecule has 10 heteroatoms. The van der Waals surface area contributed by atoms with Crippen molar-refractivity contribution in [3.05, 3.63) is 100 Å². The molecule has 35 heavy (non-hydrogen) atoms. The Labute approximate surface area is 198 Å². The van der Waals surface area contributed by atoms with E-state index in [1.807, 2.05) is 0 Å². The van der Waals surface area contributed by atoms with Gasteiger partial charge in [-0.05, 0) is 66.8 Å². The minimum Gasteiger partial charge on any atom is -0.358 e. The van der Waals surface area contributed by atoms with Crippen LogP contribution < -0.4 is 10.6 Å². The molecular formula is C25H23F6N3O. The maximum absolute atomic E-state index is 14.5. The summed E-state index contributed by atoms with van der Waals surface area (Å²) in [7, 11) is 1.35. The summed E-state index contributed by atoms with van der Waals surface area (Å²) in [5, 5.41) is 5.43. The predicted octanol–water partition coefficient (Wildman–Crippen LogP) is 5.58. The predicted molar refractivity (Wildman–Crippen MR) is 118 cm³/mol. The Morgan fingerprint density at radius 1 is 1.00 bits per heavy atom. The zero-order valence-electron chi connectivity index (χ0n) is 18.9. The largest absolute Gasteiger partial charge is 0.433 e. The number of pyridine rings is 1. The van der Waals surface area contributed by atoms with Crippen LogP contribution in [-0.4, -0.2) is 17.9 Å². The number of likely N-dealkylation sites (N-methyl/N-ethyl adjacent to an activating group) is 1. The lowest BCUT2D eigenvalue weighted by Gasteiger charge is -2.26. The van der Waals surface area contributed by atoms with E-state index in [0.29, 0.717) is 16.7 Å². The third-order valence-corrected chi connectivity index (χ3v) is 5.57. The number of nitrogens with zero attached hydrogens (tertiary/aromatic N) is 1. The molecule has 0 bridgehead atoms. The molecule has 3 aromatic rings. The Morgan fingerprint density at radius 3 is 2.31 bits per heavy atom. The van der Waals surface area contributed by atoms with E-state index in [4.69, 9.17) is 0 Å². The number of rotatable bonds is 8. The Balaban J connectivity index is 1.93. The smallest absolute Gasteiger partial charge is 0.358 e. The summed E-state index contributed by atoms with van der Waals surface area (Å²) in [4.78, 5) is 16.1. The van der Waals surface area contributed by atoms with Crippen molar-refractivity contribution in [1.82, 2.24) is 15.6 Å². The molecule has 0 aliphatic heterocycles. The lowest BCUT2D eigenvalue weighted by molar-refractivity contribution is -0.141. The zero-order valence-corrected chi connectivity index (χ0v) is 18.9. The molecule has 2 N–H and O–H groups in total. The first kappa shape index (κ1) is 26.2. The first-order chi connectivity index (χ1) is 16.5. The minimum absolute atomic E-state index is 0.218. The highest BCUT2D eigenvalue weighted by Gasteiger charge is 2.32. The summed E-state index contributed by atoms with van der Waals surface area (Å²) < 4.78 is 80.7. The van der Waals surface area contributed by atoms with Crippen molar-refractivity contribution in [3.8, 4) is 0 Å². The second kappa shape index (κ2) is 10.9. The van der Waals surface area contributed by atoms with Crippen LogP contribution in [0.4, 0.5) is 26.3 Å². The Bertz CT molecular complexity index is 1180. The van der Waals surface area contributed by atoms with Gasteiger partial charge in [0, 0.05) is 24.8 Å². The maximum Gasteiger partial charge on any atom is 0.433 e. The van der Waals surface area contributed by atoms with Crippen LogP contribution in [0, 0.1) is 24.4 Å². The van der Waals surface area contributed by atoms with Gasteiger partial charge < -0.3 is 5.32 Å². The average Bonchev–Trinajstić information content (AvgIpc) is 2.82. The van der Waals surface area contributed by atoms with Crippen LogP contribution in [0.1, 0.15) is 46.5 Å². The highest BCUT2D eigenvalue weighted by Crippen LogP contribution is 2.29. The lowest BCUT2D eigenvalue weighted by Crippen LogP contribution is -2.38. The topological polar surface area (TPSA) is 54.0 Å². The number of halogens is 6. The van der Waals surface area contributed by atoms with E-state index in [2.05, 4.69) is 15.6 Å². The molecule has 0 fully saturated rings. The molecule has 186 valence electrons. The summed E-state index contributed by atoms with van der Waals surface area (Å²) in [6, 6.07) is 7.25. The normalized spacial score (nSPS) is 13.4. The fraction of sp³-hybridized carbons (Fsp3) is 0.280. The molecule has 1 heterocycles. The molecule has 0 aliphatic carbocycles. The summed E-state index contributed by atoms with van der Waals surface area (Å²) in [6.07, 6.45) is -2.98. The van der Waals surface area contributed by atoms with Crippen LogP contribution in [0.3, 0.4) is 0 Å². The second-order valence-electron chi connectivity index (χ2n) is 8.03. The molecular weight excluding hydrogens is 472 g/mol. The zero-order chi connectivity index (χ0) is 25.8. The van der Waals surface area contributed by atoms with Crippen LogP contribution >= 0.6 is 0 Å². The average molecular weight is 495 g/mol. The molecule has 2 aromatic carbocycles. The quantitative estimate of drug-likeness (QED) is 0.402. The highest BCUT2D eigenvalue weighted by molar-refractivity contribution is 5.83. The molecule has 0 spiro atoms. The van der Waals surface area contributed by atoms with Gasteiger partial charge in [-0.2, -0.15) is 13.2 Å². The van der Waals surface area contributed by atoms with Gasteiger partial charge in [0.25, 0.3) is 0 Å². The van der Waals surface area contributed by atoms with Crippen LogP contribution in [-0.2, 0) is 17.4 Å². The van der Waals surface area contributed by atoms with Crippen molar-refractivity contribution >= 4 is 5.91 Å². The second-order valence-corrected chi connectivity index (χ2v) is 8.03. The van der Waals surface area contributed by atoms with Gasteiger partial charge in [-0.1, -0.05) is 18.2 Å². The number of aromatic nitrogens is 1. The van der Waals surface area contributed by atoms with Gasteiger partial charge in [-0.3, -0.25) is 15.1 Å². The highest BCUT2D eigenvalue weighted by atomic mass is 19.4. The summed E-state index contributed by atoms with van der Waals surface area (Å²) in [5.41, 5.74) is 0.154.